The second kappa shape index (κ2) is 4.89. The summed E-state index contributed by atoms with van der Waals surface area (Å²) >= 11 is 0. The van der Waals surface area contributed by atoms with Gasteiger partial charge in [0, 0.05) is 17.7 Å². The minimum atomic E-state index is -0.489. The Morgan fingerprint density at radius 1 is 1.32 bits per heavy atom. The topological polar surface area (TPSA) is 87.1 Å². The number of oxazole rings is 1. The minimum Gasteiger partial charge on any atom is -0.408 e. The molecule has 6 nitrogen and oxygen atoms in total. The number of H-pyrrole nitrogens is 1. The molecule has 0 spiro atoms. The van der Waals surface area contributed by atoms with E-state index in [9.17, 15) is 9.59 Å². The molecule has 1 amide bonds. The van der Waals surface area contributed by atoms with E-state index in [4.69, 9.17) is 4.42 Å². The number of aromatic nitrogens is 1. The van der Waals surface area contributed by atoms with Crippen molar-refractivity contribution < 1.29 is 9.21 Å². The fourth-order valence-corrected chi connectivity index (χ4v) is 2.35. The predicted molar refractivity (Wildman–Crippen MR) is 71.1 cm³/mol. The van der Waals surface area contributed by atoms with Gasteiger partial charge < -0.3 is 15.1 Å². The summed E-state index contributed by atoms with van der Waals surface area (Å²) in [6.07, 6.45) is 1.71. The average Bonchev–Trinajstić information content (AvgIpc) is 2.79. The van der Waals surface area contributed by atoms with E-state index in [1.165, 1.54) is 0 Å². The molecule has 2 heterocycles. The molecule has 100 valence electrons. The van der Waals surface area contributed by atoms with E-state index in [-0.39, 0.29) is 11.8 Å². The molecule has 3 rings (SSSR count). The van der Waals surface area contributed by atoms with Gasteiger partial charge in [-0.25, -0.2) is 4.79 Å². The van der Waals surface area contributed by atoms with Gasteiger partial charge in [0.15, 0.2) is 5.58 Å². The largest absolute Gasteiger partial charge is 0.417 e. The zero-order valence-electron chi connectivity index (χ0n) is 10.4. The van der Waals surface area contributed by atoms with E-state index < -0.39 is 5.76 Å². The highest BCUT2D eigenvalue weighted by molar-refractivity contribution is 5.94. The Balaban J connectivity index is 1.76. The molecule has 3 N–H and O–H groups in total. The van der Waals surface area contributed by atoms with E-state index in [0.717, 1.165) is 25.9 Å². The fraction of sp³-hybridized carbons (Fsp3) is 0.385. The Kier molecular flexibility index (Phi) is 3.08. The smallest absolute Gasteiger partial charge is 0.408 e. The number of nitrogens with one attached hydrogen (secondary N) is 3. The van der Waals surface area contributed by atoms with Gasteiger partial charge in [-0.2, -0.15) is 0 Å². The van der Waals surface area contributed by atoms with Crippen LogP contribution in [0.15, 0.2) is 27.4 Å². The Labute approximate surface area is 109 Å². The van der Waals surface area contributed by atoms with Crippen LogP contribution in [0.4, 0.5) is 5.69 Å². The molecule has 1 aromatic heterocycles. The first-order valence-electron chi connectivity index (χ1n) is 6.37. The summed E-state index contributed by atoms with van der Waals surface area (Å²) in [7, 11) is 0. The molecule has 0 unspecified atom stereocenters. The molecule has 1 aromatic carbocycles. The Bertz CT molecular complexity index is 652. The number of carbonyl (C=O) groups is 1. The summed E-state index contributed by atoms with van der Waals surface area (Å²) in [5, 5.41) is 6.10. The SMILES string of the molecule is O=C(Nc1ccc2[nH]c(=O)oc2c1)C1CCNCC1. The van der Waals surface area contributed by atoms with Crippen LogP contribution in [0.25, 0.3) is 11.1 Å². The van der Waals surface area contributed by atoms with Gasteiger partial charge in [0.25, 0.3) is 0 Å². The third kappa shape index (κ3) is 2.53. The highest BCUT2D eigenvalue weighted by Crippen LogP contribution is 2.19. The molecular formula is C13H15N3O3. The predicted octanol–water partition coefficient (Wildman–Crippen LogP) is 1.06. The summed E-state index contributed by atoms with van der Waals surface area (Å²) in [5.41, 5.74) is 1.73. The van der Waals surface area contributed by atoms with Crippen molar-refractivity contribution in [2.75, 3.05) is 18.4 Å². The first kappa shape index (κ1) is 12.0. The number of aromatic amines is 1. The lowest BCUT2D eigenvalue weighted by molar-refractivity contribution is -0.120. The third-order valence-corrected chi connectivity index (χ3v) is 3.40. The number of benzene rings is 1. The van der Waals surface area contributed by atoms with E-state index in [2.05, 4.69) is 15.6 Å². The average molecular weight is 261 g/mol. The molecule has 1 aliphatic rings. The molecule has 0 atom stereocenters. The van der Waals surface area contributed by atoms with Gasteiger partial charge in [0.1, 0.15) is 0 Å². The molecule has 0 bridgehead atoms. The lowest BCUT2D eigenvalue weighted by Gasteiger charge is -2.21. The normalized spacial score (nSPS) is 16.6. The highest BCUT2D eigenvalue weighted by atomic mass is 16.4. The maximum absolute atomic E-state index is 12.1. The van der Waals surface area contributed by atoms with Gasteiger partial charge in [-0.1, -0.05) is 0 Å². The van der Waals surface area contributed by atoms with Crippen molar-refractivity contribution in [3.63, 3.8) is 0 Å². The van der Waals surface area contributed by atoms with E-state index in [1.54, 1.807) is 18.2 Å². The van der Waals surface area contributed by atoms with Crippen molar-refractivity contribution in [3.05, 3.63) is 28.7 Å². The number of amides is 1. The van der Waals surface area contributed by atoms with Crippen LogP contribution in [0.5, 0.6) is 0 Å². The van der Waals surface area contributed by atoms with E-state index in [0.29, 0.717) is 16.8 Å². The van der Waals surface area contributed by atoms with Gasteiger partial charge >= 0.3 is 5.76 Å². The van der Waals surface area contributed by atoms with E-state index >= 15 is 0 Å². The molecule has 0 radical (unpaired) electrons. The molecule has 19 heavy (non-hydrogen) atoms. The summed E-state index contributed by atoms with van der Waals surface area (Å²) in [6, 6.07) is 5.14. The highest BCUT2D eigenvalue weighted by Gasteiger charge is 2.20. The van der Waals surface area contributed by atoms with Crippen LogP contribution in [-0.2, 0) is 4.79 Å². The van der Waals surface area contributed by atoms with E-state index in [1.807, 2.05) is 0 Å². The van der Waals surface area contributed by atoms with Gasteiger partial charge in [-0.15, -0.1) is 0 Å². The lowest BCUT2D eigenvalue weighted by Crippen LogP contribution is -2.34. The van der Waals surface area contributed by atoms with Gasteiger partial charge in [0.2, 0.25) is 5.91 Å². The zero-order chi connectivity index (χ0) is 13.2. The number of rotatable bonds is 2. The Hall–Kier alpha value is -2.08. The van der Waals surface area contributed by atoms with Crippen molar-refractivity contribution in [2.24, 2.45) is 5.92 Å². The van der Waals surface area contributed by atoms with Crippen LogP contribution in [0.2, 0.25) is 0 Å². The first-order valence-corrected chi connectivity index (χ1v) is 6.37. The number of hydrogen-bond donors (Lipinski definition) is 3. The third-order valence-electron chi connectivity index (χ3n) is 3.40. The summed E-state index contributed by atoms with van der Waals surface area (Å²) in [6.45, 7) is 1.76. The van der Waals surface area contributed by atoms with Crippen molar-refractivity contribution >= 4 is 22.7 Å². The molecule has 1 fully saturated rings. The number of hydrogen-bond acceptors (Lipinski definition) is 4. The molecule has 1 aliphatic heterocycles. The first-order chi connectivity index (χ1) is 9.22. The van der Waals surface area contributed by atoms with Crippen molar-refractivity contribution in [2.45, 2.75) is 12.8 Å². The van der Waals surface area contributed by atoms with Crippen LogP contribution in [0.1, 0.15) is 12.8 Å². The van der Waals surface area contributed by atoms with Crippen LogP contribution in [-0.4, -0.2) is 24.0 Å². The van der Waals surface area contributed by atoms with Gasteiger partial charge in [0.05, 0.1) is 5.52 Å². The number of anilines is 1. The van der Waals surface area contributed by atoms with Crippen LogP contribution < -0.4 is 16.4 Å². The van der Waals surface area contributed by atoms with Gasteiger partial charge in [-0.3, -0.25) is 9.78 Å². The summed E-state index contributed by atoms with van der Waals surface area (Å²) in [5.74, 6) is -0.411. The van der Waals surface area contributed by atoms with Crippen molar-refractivity contribution in [1.29, 1.82) is 0 Å². The van der Waals surface area contributed by atoms with Crippen LogP contribution in [0, 0.1) is 5.92 Å². The zero-order valence-corrected chi connectivity index (χ0v) is 10.4. The fourth-order valence-electron chi connectivity index (χ4n) is 2.35. The van der Waals surface area contributed by atoms with Crippen LogP contribution in [0.3, 0.4) is 0 Å². The van der Waals surface area contributed by atoms with Crippen molar-refractivity contribution in [1.82, 2.24) is 10.3 Å². The lowest BCUT2D eigenvalue weighted by atomic mass is 9.97. The number of carbonyl (C=O) groups excluding carboxylic acids is 1. The van der Waals surface area contributed by atoms with Crippen molar-refractivity contribution in [3.8, 4) is 0 Å². The molecule has 2 aromatic rings. The number of piperidine rings is 1. The molecule has 0 saturated carbocycles. The maximum Gasteiger partial charge on any atom is 0.417 e. The maximum atomic E-state index is 12.1. The van der Waals surface area contributed by atoms with Crippen LogP contribution >= 0.6 is 0 Å². The molecule has 1 saturated heterocycles. The molecular weight excluding hydrogens is 246 g/mol. The second-order valence-corrected chi connectivity index (χ2v) is 4.74. The minimum absolute atomic E-state index is 0.0266. The number of fused-ring (bicyclic) bond motifs is 1. The summed E-state index contributed by atoms with van der Waals surface area (Å²) < 4.78 is 4.96. The quantitative estimate of drug-likeness (QED) is 0.754. The Morgan fingerprint density at radius 2 is 2.11 bits per heavy atom. The standard InChI is InChI=1S/C13H15N3O3/c17-12(8-3-5-14-6-4-8)15-9-1-2-10-11(7-9)19-13(18)16-10/h1-2,7-8,14H,3-6H2,(H,15,17)(H,16,18). The van der Waals surface area contributed by atoms with Gasteiger partial charge in [-0.05, 0) is 38.1 Å². The second-order valence-electron chi connectivity index (χ2n) is 4.74. The Morgan fingerprint density at radius 3 is 2.89 bits per heavy atom. The monoisotopic (exact) mass is 261 g/mol. The summed E-state index contributed by atoms with van der Waals surface area (Å²) in [4.78, 5) is 25.7. The molecule has 6 heteroatoms. The molecule has 0 aliphatic carbocycles.